The molecule has 3 heterocycles. The second-order valence-corrected chi connectivity index (χ2v) is 12.1. The average molecular weight is 603 g/mol. The van der Waals surface area contributed by atoms with Gasteiger partial charge in [-0.2, -0.15) is 0 Å². The molecule has 0 saturated carbocycles. The van der Waals surface area contributed by atoms with Gasteiger partial charge in [-0.3, -0.25) is 0 Å². The van der Waals surface area contributed by atoms with Crippen molar-refractivity contribution >= 4 is 11.0 Å². The Balaban J connectivity index is 1.36. The SMILES string of the molecule is c1ccc(-c2cc(-c3c4c(cc5occc35)C3(c5ccccc5Oc5ccccc53)c3ccccc3-4)nc(-c3ccccc3)n2)cc1. The molecule has 1 aliphatic carbocycles. The second kappa shape index (κ2) is 9.87. The van der Waals surface area contributed by atoms with Gasteiger partial charge in [-0.25, -0.2) is 9.97 Å². The second-order valence-electron chi connectivity index (χ2n) is 12.1. The van der Waals surface area contributed by atoms with Gasteiger partial charge in [0.15, 0.2) is 5.82 Å². The zero-order chi connectivity index (χ0) is 31.0. The number of para-hydroxylation sites is 2. The summed E-state index contributed by atoms with van der Waals surface area (Å²) in [4.78, 5) is 10.4. The molecule has 0 atom stereocenters. The topological polar surface area (TPSA) is 48.2 Å². The van der Waals surface area contributed by atoms with Gasteiger partial charge in [-0.1, -0.05) is 121 Å². The summed E-state index contributed by atoms with van der Waals surface area (Å²) in [7, 11) is 0. The van der Waals surface area contributed by atoms with Crippen molar-refractivity contribution in [1.82, 2.24) is 9.97 Å². The summed E-state index contributed by atoms with van der Waals surface area (Å²) in [6.07, 6.45) is 1.78. The molecule has 10 rings (SSSR count). The Labute approximate surface area is 271 Å². The first-order valence-electron chi connectivity index (χ1n) is 15.8. The van der Waals surface area contributed by atoms with Gasteiger partial charge in [0.05, 0.1) is 23.1 Å². The number of aromatic nitrogens is 2. The van der Waals surface area contributed by atoms with Crippen LogP contribution in [0.1, 0.15) is 22.3 Å². The number of ether oxygens (including phenoxy) is 1. The molecule has 1 aliphatic heterocycles. The fourth-order valence-corrected chi connectivity index (χ4v) is 7.75. The van der Waals surface area contributed by atoms with Crippen LogP contribution in [-0.4, -0.2) is 9.97 Å². The maximum absolute atomic E-state index is 6.57. The van der Waals surface area contributed by atoms with E-state index in [2.05, 4.69) is 103 Å². The molecule has 0 saturated heterocycles. The molecular weight excluding hydrogens is 576 g/mol. The quantitative estimate of drug-likeness (QED) is 0.202. The van der Waals surface area contributed by atoms with Gasteiger partial charge in [0, 0.05) is 33.2 Å². The largest absolute Gasteiger partial charge is 0.464 e. The van der Waals surface area contributed by atoms with Gasteiger partial charge >= 0.3 is 0 Å². The minimum atomic E-state index is -0.620. The van der Waals surface area contributed by atoms with Crippen molar-refractivity contribution in [2.45, 2.75) is 5.41 Å². The van der Waals surface area contributed by atoms with Crippen LogP contribution in [0.4, 0.5) is 0 Å². The molecule has 1 spiro atoms. The third kappa shape index (κ3) is 3.64. The van der Waals surface area contributed by atoms with Gasteiger partial charge in [0.1, 0.15) is 17.1 Å². The van der Waals surface area contributed by atoms with Crippen molar-refractivity contribution in [3.63, 3.8) is 0 Å². The van der Waals surface area contributed by atoms with Gasteiger partial charge in [-0.15, -0.1) is 0 Å². The molecular formula is C43H26N2O2. The standard InChI is InChI=1S/C43H26N2O2/c1-3-13-27(14-4-1)35-26-36(45-42(44-35)28-15-5-2-6-16-28)41-30-23-24-46-39(30)25-34-40(41)29-17-7-8-18-31(29)43(34)32-19-9-11-21-37(32)47-38-22-12-10-20-33(38)43/h1-26H. The van der Waals surface area contributed by atoms with Crippen molar-refractivity contribution in [3.8, 4) is 56.5 Å². The van der Waals surface area contributed by atoms with Crippen LogP contribution in [0.25, 0.3) is 56.0 Å². The van der Waals surface area contributed by atoms with Crippen LogP contribution in [0.15, 0.2) is 162 Å². The Bertz CT molecular complexity index is 2400. The molecule has 47 heavy (non-hydrogen) atoms. The summed E-state index contributed by atoms with van der Waals surface area (Å²) in [6.45, 7) is 0. The van der Waals surface area contributed by atoms with Crippen molar-refractivity contribution < 1.29 is 9.15 Å². The molecule has 0 N–H and O–H groups in total. The highest BCUT2D eigenvalue weighted by Crippen LogP contribution is 2.64. The van der Waals surface area contributed by atoms with Crippen molar-refractivity contribution in [3.05, 3.63) is 180 Å². The van der Waals surface area contributed by atoms with Crippen molar-refractivity contribution in [1.29, 1.82) is 0 Å². The van der Waals surface area contributed by atoms with E-state index in [1.165, 1.54) is 11.1 Å². The average Bonchev–Trinajstić information content (AvgIpc) is 3.73. The summed E-state index contributed by atoms with van der Waals surface area (Å²) in [5.74, 6) is 2.39. The Morgan fingerprint density at radius 1 is 0.468 bits per heavy atom. The molecule has 0 fully saturated rings. The lowest BCUT2D eigenvalue weighted by Crippen LogP contribution is -2.32. The van der Waals surface area contributed by atoms with E-state index in [9.17, 15) is 0 Å². The van der Waals surface area contributed by atoms with Crippen LogP contribution in [-0.2, 0) is 5.41 Å². The Hall–Kier alpha value is -6.26. The molecule has 6 aromatic carbocycles. The van der Waals surface area contributed by atoms with Crippen LogP contribution in [0, 0.1) is 0 Å². The predicted molar refractivity (Wildman–Crippen MR) is 185 cm³/mol. The lowest BCUT2D eigenvalue weighted by atomic mass is 9.66. The zero-order valence-electron chi connectivity index (χ0n) is 25.2. The van der Waals surface area contributed by atoms with Gasteiger partial charge in [0.2, 0.25) is 0 Å². The van der Waals surface area contributed by atoms with E-state index in [1.807, 2.05) is 48.5 Å². The Morgan fingerprint density at radius 2 is 1.06 bits per heavy atom. The van der Waals surface area contributed by atoms with E-state index in [0.29, 0.717) is 5.82 Å². The molecule has 4 heteroatoms. The minimum Gasteiger partial charge on any atom is -0.464 e. The third-order valence-corrected chi connectivity index (χ3v) is 9.65. The summed E-state index contributed by atoms with van der Waals surface area (Å²) in [6, 6.07) is 52.6. The molecule has 8 aromatic rings. The molecule has 4 nitrogen and oxygen atoms in total. The molecule has 220 valence electrons. The van der Waals surface area contributed by atoms with Crippen molar-refractivity contribution in [2.75, 3.05) is 0 Å². The lowest BCUT2D eigenvalue weighted by molar-refractivity contribution is 0.436. The van der Waals surface area contributed by atoms with Crippen LogP contribution in [0.2, 0.25) is 0 Å². The van der Waals surface area contributed by atoms with Gasteiger partial charge in [0.25, 0.3) is 0 Å². The van der Waals surface area contributed by atoms with E-state index in [0.717, 1.165) is 72.8 Å². The maximum Gasteiger partial charge on any atom is 0.160 e. The number of furan rings is 1. The number of benzene rings is 6. The third-order valence-electron chi connectivity index (χ3n) is 9.65. The van der Waals surface area contributed by atoms with Crippen LogP contribution in [0.3, 0.4) is 0 Å². The first-order valence-corrected chi connectivity index (χ1v) is 15.8. The number of nitrogens with zero attached hydrogens (tertiary/aromatic N) is 2. The monoisotopic (exact) mass is 602 g/mol. The normalized spacial score (nSPS) is 13.4. The smallest absolute Gasteiger partial charge is 0.160 e. The van der Waals surface area contributed by atoms with Crippen LogP contribution >= 0.6 is 0 Å². The summed E-state index contributed by atoms with van der Waals surface area (Å²) >= 11 is 0. The Kier molecular flexibility index (Phi) is 5.46. The highest BCUT2D eigenvalue weighted by atomic mass is 16.5. The van der Waals surface area contributed by atoms with Crippen LogP contribution < -0.4 is 4.74 Å². The molecule has 0 bridgehead atoms. The molecule has 0 radical (unpaired) electrons. The first kappa shape index (κ1) is 26.0. The molecule has 0 unspecified atom stereocenters. The van der Waals surface area contributed by atoms with E-state index in [4.69, 9.17) is 19.1 Å². The number of fused-ring (bicyclic) bond motifs is 10. The summed E-state index contributed by atoms with van der Waals surface area (Å²) < 4.78 is 12.8. The van der Waals surface area contributed by atoms with E-state index in [-0.39, 0.29) is 0 Å². The zero-order valence-corrected chi connectivity index (χ0v) is 25.2. The first-order chi connectivity index (χ1) is 23.3. The number of rotatable bonds is 3. The van der Waals surface area contributed by atoms with E-state index >= 15 is 0 Å². The minimum absolute atomic E-state index is 0.620. The molecule has 0 amide bonds. The highest BCUT2D eigenvalue weighted by Gasteiger charge is 2.52. The fraction of sp³-hybridized carbons (Fsp3) is 0.0233. The van der Waals surface area contributed by atoms with Crippen molar-refractivity contribution in [2.24, 2.45) is 0 Å². The molecule has 2 aliphatic rings. The summed E-state index contributed by atoms with van der Waals surface area (Å²) in [5.41, 5.74) is 11.9. The number of hydrogen-bond donors (Lipinski definition) is 0. The fourth-order valence-electron chi connectivity index (χ4n) is 7.75. The van der Waals surface area contributed by atoms with E-state index in [1.54, 1.807) is 6.26 Å². The van der Waals surface area contributed by atoms with E-state index < -0.39 is 5.41 Å². The number of hydrogen-bond acceptors (Lipinski definition) is 4. The Morgan fingerprint density at radius 3 is 1.79 bits per heavy atom. The maximum atomic E-state index is 6.57. The summed E-state index contributed by atoms with van der Waals surface area (Å²) in [5, 5.41) is 1.01. The predicted octanol–water partition coefficient (Wildman–Crippen LogP) is 10.7. The van der Waals surface area contributed by atoms with Gasteiger partial charge in [-0.05, 0) is 52.6 Å². The van der Waals surface area contributed by atoms with Crippen LogP contribution in [0.5, 0.6) is 11.5 Å². The molecule has 2 aromatic heterocycles. The highest BCUT2D eigenvalue weighted by molar-refractivity contribution is 6.08. The lowest BCUT2D eigenvalue weighted by Gasteiger charge is -2.39. The van der Waals surface area contributed by atoms with Gasteiger partial charge < -0.3 is 9.15 Å².